The van der Waals surface area contributed by atoms with Crippen molar-refractivity contribution < 1.29 is 13.9 Å². The van der Waals surface area contributed by atoms with Gasteiger partial charge in [0.05, 0.1) is 12.2 Å². The highest BCUT2D eigenvalue weighted by atomic mass is 32.1. The Kier molecular flexibility index (Phi) is 3.71. The van der Waals surface area contributed by atoms with Crippen LogP contribution in [-0.4, -0.2) is 12.6 Å². The summed E-state index contributed by atoms with van der Waals surface area (Å²) in [6.45, 7) is 2.14. The Labute approximate surface area is 125 Å². The largest absolute Gasteiger partial charge is 0.462 e. The van der Waals surface area contributed by atoms with Crippen molar-refractivity contribution in [2.45, 2.75) is 6.92 Å². The maximum absolute atomic E-state index is 13.1. The minimum atomic E-state index is -0.310. The number of halogens is 1. The van der Waals surface area contributed by atoms with E-state index in [9.17, 15) is 9.18 Å². The van der Waals surface area contributed by atoms with Gasteiger partial charge in [0.15, 0.2) is 0 Å². The van der Waals surface area contributed by atoms with Gasteiger partial charge < -0.3 is 4.74 Å². The number of rotatable bonds is 3. The first kappa shape index (κ1) is 13.8. The van der Waals surface area contributed by atoms with Crippen LogP contribution in [0.25, 0.3) is 21.2 Å². The molecule has 0 unspecified atom stereocenters. The number of ether oxygens (including phenoxy) is 1. The third-order valence-corrected chi connectivity index (χ3v) is 4.21. The van der Waals surface area contributed by atoms with Gasteiger partial charge >= 0.3 is 5.97 Å². The van der Waals surface area contributed by atoms with E-state index in [0.717, 1.165) is 21.2 Å². The number of esters is 1. The molecule has 2 aromatic carbocycles. The third kappa shape index (κ3) is 2.54. The van der Waals surface area contributed by atoms with Gasteiger partial charge in [0.25, 0.3) is 0 Å². The summed E-state index contributed by atoms with van der Waals surface area (Å²) in [5.74, 6) is -0.570. The molecule has 4 heteroatoms. The van der Waals surface area contributed by atoms with Crippen molar-refractivity contribution >= 4 is 27.4 Å². The summed E-state index contributed by atoms with van der Waals surface area (Å²) in [5.41, 5.74) is 2.49. The zero-order chi connectivity index (χ0) is 14.8. The molecule has 1 heterocycles. The van der Waals surface area contributed by atoms with Gasteiger partial charge in [-0.05, 0) is 47.7 Å². The number of fused-ring (bicyclic) bond motifs is 1. The first-order valence-electron chi connectivity index (χ1n) is 6.64. The van der Waals surface area contributed by atoms with Crippen molar-refractivity contribution in [2.24, 2.45) is 0 Å². The third-order valence-electron chi connectivity index (χ3n) is 3.27. The number of hydrogen-bond donors (Lipinski definition) is 0. The smallest absolute Gasteiger partial charge is 0.339 e. The molecule has 2 nitrogen and oxygen atoms in total. The first-order valence-corrected chi connectivity index (χ1v) is 7.52. The van der Waals surface area contributed by atoms with E-state index in [1.807, 2.05) is 17.5 Å². The molecule has 0 atom stereocenters. The van der Waals surface area contributed by atoms with Crippen LogP contribution in [0.3, 0.4) is 0 Å². The van der Waals surface area contributed by atoms with Crippen LogP contribution in [-0.2, 0) is 4.74 Å². The van der Waals surface area contributed by atoms with E-state index in [1.165, 1.54) is 23.5 Å². The van der Waals surface area contributed by atoms with Crippen molar-refractivity contribution in [1.82, 2.24) is 0 Å². The van der Waals surface area contributed by atoms with Crippen molar-refractivity contribution in [3.63, 3.8) is 0 Å². The number of benzene rings is 2. The van der Waals surface area contributed by atoms with Crippen LogP contribution in [0, 0.1) is 5.82 Å². The van der Waals surface area contributed by atoms with E-state index in [1.54, 1.807) is 25.1 Å². The Morgan fingerprint density at radius 3 is 2.62 bits per heavy atom. The molecule has 0 N–H and O–H groups in total. The molecule has 0 spiro atoms. The van der Waals surface area contributed by atoms with E-state index in [4.69, 9.17) is 4.74 Å². The van der Waals surface area contributed by atoms with Crippen molar-refractivity contribution in [3.8, 4) is 11.1 Å². The number of hydrogen-bond acceptors (Lipinski definition) is 3. The van der Waals surface area contributed by atoms with E-state index in [0.29, 0.717) is 12.2 Å². The van der Waals surface area contributed by atoms with Crippen LogP contribution in [0.15, 0.2) is 47.8 Å². The van der Waals surface area contributed by atoms with Crippen molar-refractivity contribution in [1.29, 1.82) is 0 Å². The average molecular weight is 300 g/mol. The molecule has 0 aliphatic heterocycles. The average Bonchev–Trinajstić information content (AvgIpc) is 2.97. The summed E-state index contributed by atoms with van der Waals surface area (Å²) in [6, 6.07) is 12.0. The van der Waals surface area contributed by atoms with Gasteiger partial charge in [-0.3, -0.25) is 0 Å². The summed E-state index contributed by atoms with van der Waals surface area (Å²) in [7, 11) is 0. The Morgan fingerprint density at radius 1 is 1.14 bits per heavy atom. The van der Waals surface area contributed by atoms with Gasteiger partial charge in [-0.15, -0.1) is 11.3 Å². The second-order valence-electron chi connectivity index (χ2n) is 4.55. The fraction of sp³-hybridized carbons (Fsp3) is 0.118. The molecule has 106 valence electrons. The predicted molar refractivity (Wildman–Crippen MR) is 83.2 cm³/mol. The van der Waals surface area contributed by atoms with Crippen molar-refractivity contribution in [2.75, 3.05) is 6.61 Å². The first-order chi connectivity index (χ1) is 10.2. The topological polar surface area (TPSA) is 26.3 Å². The van der Waals surface area contributed by atoms with E-state index in [-0.39, 0.29) is 11.8 Å². The molecular weight excluding hydrogens is 287 g/mol. The normalized spacial score (nSPS) is 10.8. The highest BCUT2D eigenvalue weighted by Gasteiger charge is 2.15. The lowest BCUT2D eigenvalue weighted by Crippen LogP contribution is -2.04. The van der Waals surface area contributed by atoms with Gasteiger partial charge in [0.2, 0.25) is 0 Å². The molecule has 1 aromatic heterocycles. The number of carbonyl (C=O) groups is 1. The summed E-state index contributed by atoms with van der Waals surface area (Å²) in [4.78, 5) is 12.0. The summed E-state index contributed by atoms with van der Waals surface area (Å²) in [6.07, 6.45) is 0. The molecule has 0 aliphatic carbocycles. The van der Waals surface area contributed by atoms with Crippen LogP contribution < -0.4 is 0 Å². The van der Waals surface area contributed by atoms with Crippen LogP contribution in [0.4, 0.5) is 4.39 Å². The fourth-order valence-electron chi connectivity index (χ4n) is 2.31. The number of carbonyl (C=O) groups excluding carboxylic acids is 1. The Hall–Kier alpha value is -2.20. The standard InChI is InChI=1S/C17H13FO2S/c1-2-20-17(19)15-8-7-13(14-9-10-21-16(14)15)11-3-5-12(18)6-4-11/h3-10H,2H2,1H3. The monoisotopic (exact) mass is 300 g/mol. The zero-order valence-electron chi connectivity index (χ0n) is 11.4. The van der Waals surface area contributed by atoms with Crippen LogP contribution in [0.5, 0.6) is 0 Å². The molecule has 0 saturated carbocycles. The van der Waals surface area contributed by atoms with Crippen LogP contribution >= 0.6 is 11.3 Å². The van der Waals surface area contributed by atoms with E-state index < -0.39 is 0 Å². The minimum Gasteiger partial charge on any atom is -0.462 e. The SMILES string of the molecule is CCOC(=O)c1ccc(-c2ccc(F)cc2)c2ccsc12. The Bertz CT molecular complexity index is 790. The maximum atomic E-state index is 13.1. The molecule has 0 amide bonds. The second kappa shape index (κ2) is 5.66. The molecule has 3 aromatic rings. The molecule has 0 saturated heterocycles. The van der Waals surface area contributed by atoms with Gasteiger partial charge in [0.1, 0.15) is 5.82 Å². The molecule has 0 radical (unpaired) electrons. The molecule has 21 heavy (non-hydrogen) atoms. The fourth-order valence-corrected chi connectivity index (χ4v) is 3.24. The highest BCUT2D eigenvalue weighted by Crippen LogP contribution is 2.34. The lowest BCUT2D eigenvalue weighted by Gasteiger charge is -2.08. The van der Waals surface area contributed by atoms with Gasteiger partial charge in [-0.2, -0.15) is 0 Å². The summed E-state index contributed by atoms with van der Waals surface area (Å²) in [5, 5.41) is 2.93. The van der Waals surface area contributed by atoms with Crippen LogP contribution in [0.2, 0.25) is 0 Å². The zero-order valence-corrected chi connectivity index (χ0v) is 12.2. The molecule has 0 bridgehead atoms. The maximum Gasteiger partial charge on any atom is 0.339 e. The predicted octanol–water partition coefficient (Wildman–Crippen LogP) is 4.88. The van der Waals surface area contributed by atoms with Gasteiger partial charge in [0, 0.05) is 10.1 Å². The number of thiophene rings is 1. The van der Waals surface area contributed by atoms with E-state index >= 15 is 0 Å². The Morgan fingerprint density at radius 2 is 1.90 bits per heavy atom. The minimum absolute atomic E-state index is 0.261. The molecule has 3 rings (SSSR count). The molecular formula is C17H13FO2S. The highest BCUT2D eigenvalue weighted by molar-refractivity contribution is 7.17. The molecule has 0 fully saturated rings. The van der Waals surface area contributed by atoms with Crippen LogP contribution in [0.1, 0.15) is 17.3 Å². The van der Waals surface area contributed by atoms with Gasteiger partial charge in [-0.1, -0.05) is 18.2 Å². The van der Waals surface area contributed by atoms with E-state index in [2.05, 4.69) is 0 Å². The lowest BCUT2D eigenvalue weighted by molar-refractivity contribution is 0.0529. The van der Waals surface area contributed by atoms with Gasteiger partial charge in [-0.25, -0.2) is 9.18 Å². The quantitative estimate of drug-likeness (QED) is 0.644. The summed E-state index contributed by atoms with van der Waals surface area (Å²) >= 11 is 1.51. The second-order valence-corrected chi connectivity index (χ2v) is 5.47. The Balaban J connectivity index is 2.14. The van der Waals surface area contributed by atoms with Crippen molar-refractivity contribution in [3.05, 3.63) is 59.2 Å². The lowest BCUT2D eigenvalue weighted by atomic mass is 10.00. The molecule has 0 aliphatic rings. The summed E-state index contributed by atoms with van der Waals surface area (Å²) < 4.78 is 19.0.